The lowest BCUT2D eigenvalue weighted by atomic mass is 9.88. The van der Waals surface area contributed by atoms with Gasteiger partial charge in [0.2, 0.25) is 5.91 Å². The van der Waals surface area contributed by atoms with Crippen LogP contribution < -0.4 is 5.32 Å². The van der Waals surface area contributed by atoms with Crippen LogP contribution in [0.2, 0.25) is 0 Å². The van der Waals surface area contributed by atoms with Crippen LogP contribution in [0.5, 0.6) is 0 Å². The molecular formula is C12H25NO2S. The van der Waals surface area contributed by atoms with Gasteiger partial charge in [-0.3, -0.25) is 4.79 Å². The number of hydrogen-bond acceptors (Lipinski definition) is 3. The molecule has 0 radical (unpaired) electrons. The Kier molecular flexibility index (Phi) is 7.85. The van der Waals surface area contributed by atoms with Gasteiger partial charge >= 0.3 is 0 Å². The number of aliphatic hydroxyl groups excluding tert-OH is 1. The van der Waals surface area contributed by atoms with Gasteiger partial charge in [0.25, 0.3) is 0 Å². The lowest BCUT2D eigenvalue weighted by molar-refractivity contribution is -0.119. The van der Waals surface area contributed by atoms with Crippen LogP contribution in [0.1, 0.15) is 40.5 Å². The van der Waals surface area contributed by atoms with E-state index in [-0.39, 0.29) is 24.0 Å². The summed E-state index contributed by atoms with van der Waals surface area (Å²) >= 11 is 1.64. The predicted octanol–water partition coefficient (Wildman–Crippen LogP) is 2.04. The first-order valence-electron chi connectivity index (χ1n) is 5.87. The van der Waals surface area contributed by atoms with Gasteiger partial charge in [0.15, 0.2) is 0 Å². The SMILES string of the molecule is CCCSCC(=O)NC(CO)CC(C)(C)C. The number of aliphatic hydroxyl groups is 1. The van der Waals surface area contributed by atoms with Crippen LogP contribution in [-0.4, -0.2) is 35.2 Å². The van der Waals surface area contributed by atoms with E-state index in [0.29, 0.717) is 5.75 Å². The van der Waals surface area contributed by atoms with E-state index in [1.807, 2.05) is 0 Å². The third-order valence-electron chi connectivity index (χ3n) is 2.03. The molecular weight excluding hydrogens is 222 g/mol. The number of nitrogens with one attached hydrogen (secondary N) is 1. The fourth-order valence-corrected chi connectivity index (χ4v) is 2.18. The quantitative estimate of drug-likeness (QED) is 0.677. The number of hydrogen-bond donors (Lipinski definition) is 2. The van der Waals surface area contributed by atoms with Gasteiger partial charge in [-0.15, -0.1) is 0 Å². The van der Waals surface area contributed by atoms with E-state index >= 15 is 0 Å². The van der Waals surface area contributed by atoms with E-state index in [4.69, 9.17) is 0 Å². The molecule has 0 saturated carbocycles. The molecule has 96 valence electrons. The maximum absolute atomic E-state index is 11.5. The van der Waals surface area contributed by atoms with Crippen LogP contribution in [0.3, 0.4) is 0 Å². The Labute approximate surface area is 103 Å². The van der Waals surface area contributed by atoms with Crippen molar-refractivity contribution in [1.82, 2.24) is 5.32 Å². The third kappa shape index (κ3) is 9.04. The van der Waals surface area contributed by atoms with E-state index in [9.17, 15) is 9.90 Å². The monoisotopic (exact) mass is 247 g/mol. The number of rotatable bonds is 7. The van der Waals surface area contributed by atoms with Gasteiger partial charge in [0, 0.05) is 0 Å². The zero-order valence-electron chi connectivity index (χ0n) is 10.9. The molecule has 0 spiro atoms. The molecule has 0 aromatic rings. The molecule has 4 heteroatoms. The Bertz CT molecular complexity index is 202. The number of thioether (sulfide) groups is 1. The van der Waals surface area contributed by atoms with Gasteiger partial charge in [-0.25, -0.2) is 0 Å². The molecule has 1 atom stereocenters. The molecule has 0 bridgehead atoms. The highest BCUT2D eigenvalue weighted by Crippen LogP contribution is 2.20. The molecule has 1 amide bonds. The summed E-state index contributed by atoms with van der Waals surface area (Å²) < 4.78 is 0. The van der Waals surface area contributed by atoms with Crippen molar-refractivity contribution in [1.29, 1.82) is 0 Å². The molecule has 0 fully saturated rings. The first-order valence-corrected chi connectivity index (χ1v) is 7.02. The summed E-state index contributed by atoms with van der Waals surface area (Å²) in [5.41, 5.74) is 0.122. The Hall–Kier alpha value is -0.220. The minimum Gasteiger partial charge on any atom is -0.394 e. The second kappa shape index (κ2) is 7.96. The first-order chi connectivity index (χ1) is 7.39. The van der Waals surface area contributed by atoms with Crippen molar-refractivity contribution < 1.29 is 9.90 Å². The maximum atomic E-state index is 11.5. The van der Waals surface area contributed by atoms with Gasteiger partial charge < -0.3 is 10.4 Å². The van der Waals surface area contributed by atoms with E-state index < -0.39 is 0 Å². The van der Waals surface area contributed by atoms with Gasteiger partial charge in [-0.1, -0.05) is 27.7 Å². The Morgan fingerprint density at radius 3 is 2.50 bits per heavy atom. The summed E-state index contributed by atoms with van der Waals surface area (Å²) in [5.74, 6) is 1.53. The van der Waals surface area contributed by atoms with Crippen molar-refractivity contribution >= 4 is 17.7 Å². The maximum Gasteiger partial charge on any atom is 0.230 e. The molecule has 0 aromatic heterocycles. The molecule has 1 unspecified atom stereocenters. The first kappa shape index (κ1) is 15.8. The number of carbonyl (C=O) groups is 1. The summed E-state index contributed by atoms with van der Waals surface area (Å²) in [7, 11) is 0. The van der Waals surface area contributed by atoms with Crippen LogP contribution in [-0.2, 0) is 4.79 Å². The highest BCUT2D eigenvalue weighted by atomic mass is 32.2. The Balaban J connectivity index is 3.88. The molecule has 2 N–H and O–H groups in total. The van der Waals surface area contributed by atoms with Gasteiger partial charge in [-0.05, 0) is 24.0 Å². The summed E-state index contributed by atoms with van der Waals surface area (Å²) in [6, 6.07) is -0.116. The molecule has 0 rings (SSSR count). The third-order valence-corrected chi connectivity index (χ3v) is 3.19. The van der Waals surface area contributed by atoms with Crippen LogP contribution in [0.15, 0.2) is 0 Å². The van der Waals surface area contributed by atoms with Gasteiger partial charge in [0.05, 0.1) is 18.4 Å². The fourth-order valence-electron chi connectivity index (χ4n) is 1.48. The number of amides is 1. The average molecular weight is 247 g/mol. The van der Waals surface area contributed by atoms with Crippen molar-refractivity contribution in [3.8, 4) is 0 Å². The second-order valence-corrected chi connectivity index (χ2v) is 6.37. The van der Waals surface area contributed by atoms with E-state index in [1.54, 1.807) is 11.8 Å². The zero-order chi connectivity index (χ0) is 12.6. The molecule has 0 aromatic carbocycles. The Morgan fingerprint density at radius 1 is 1.44 bits per heavy atom. The second-order valence-electron chi connectivity index (χ2n) is 5.26. The average Bonchev–Trinajstić information content (AvgIpc) is 2.15. The summed E-state index contributed by atoms with van der Waals surface area (Å²) in [5, 5.41) is 12.1. The van der Waals surface area contributed by atoms with Crippen LogP contribution in [0, 0.1) is 5.41 Å². The van der Waals surface area contributed by atoms with E-state index in [0.717, 1.165) is 18.6 Å². The molecule has 16 heavy (non-hydrogen) atoms. The van der Waals surface area contributed by atoms with Crippen LogP contribution >= 0.6 is 11.8 Å². The lowest BCUT2D eigenvalue weighted by Crippen LogP contribution is -2.40. The predicted molar refractivity (Wildman–Crippen MR) is 70.7 cm³/mol. The fraction of sp³-hybridized carbons (Fsp3) is 0.917. The van der Waals surface area contributed by atoms with E-state index in [1.165, 1.54) is 0 Å². The van der Waals surface area contributed by atoms with Gasteiger partial charge in [-0.2, -0.15) is 11.8 Å². The molecule has 3 nitrogen and oxygen atoms in total. The highest BCUT2D eigenvalue weighted by Gasteiger charge is 2.19. The van der Waals surface area contributed by atoms with Gasteiger partial charge in [0.1, 0.15) is 0 Å². The Morgan fingerprint density at radius 2 is 2.06 bits per heavy atom. The van der Waals surface area contributed by atoms with Crippen molar-refractivity contribution in [2.24, 2.45) is 5.41 Å². The highest BCUT2D eigenvalue weighted by molar-refractivity contribution is 7.99. The zero-order valence-corrected chi connectivity index (χ0v) is 11.7. The van der Waals surface area contributed by atoms with Crippen molar-refractivity contribution in [3.05, 3.63) is 0 Å². The van der Waals surface area contributed by atoms with Crippen molar-refractivity contribution in [3.63, 3.8) is 0 Å². The topological polar surface area (TPSA) is 49.3 Å². The summed E-state index contributed by atoms with van der Waals surface area (Å²) in [6.45, 7) is 8.43. The minimum atomic E-state index is -0.116. The van der Waals surface area contributed by atoms with Crippen LogP contribution in [0.25, 0.3) is 0 Å². The number of carbonyl (C=O) groups excluding carboxylic acids is 1. The molecule has 0 heterocycles. The molecule has 0 saturated heterocycles. The normalized spacial score (nSPS) is 13.6. The van der Waals surface area contributed by atoms with Crippen molar-refractivity contribution in [2.45, 2.75) is 46.6 Å². The molecule has 0 aliphatic heterocycles. The lowest BCUT2D eigenvalue weighted by Gasteiger charge is -2.25. The molecule has 0 aliphatic rings. The smallest absolute Gasteiger partial charge is 0.230 e. The standard InChI is InChI=1S/C12H25NO2S/c1-5-6-16-9-11(15)13-10(8-14)7-12(2,3)4/h10,14H,5-9H2,1-4H3,(H,13,15). The summed E-state index contributed by atoms with van der Waals surface area (Å²) in [6.07, 6.45) is 1.89. The van der Waals surface area contributed by atoms with Crippen molar-refractivity contribution in [2.75, 3.05) is 18.1 Å². The van der Waals surface area contributed by atoms with Crippen LogP contribution in [0.4, 0.5) is 0 Å². The largest absolute Gasteiger partial charge is 0.394 e. The summed E-state index contributed by atoms with van der Waals surface area (Å²) in [4.78, 5) is 11.5. The van der Waals surface area contributed by atoms with E-state index in [2.05, 4.69) is 33.0 Å². The molecule has 0 aliphatic carbocycles. The minimum absolute atomic E-state index is 0.0153.